The Morgan fingerprint density at radius 1 is 1.38 bits per heavy atom. The topological polar surface area (TPSA) is 98.2 Å². The highest BCUT2D eigenvalue weighted by Gasteiger charge is 2.17. The number of aryl methyl sites for hydroxylation is 1. The van der Waals surface area contributed by atoms with Crippen LogP contribution in [-0.2, 0) is 4.79 Å². The average Bonchev–Trinajstić information content (AvgIpc) is 2.16. The van der Waals surface area contributed by atoms with Gasteiger partial charge < -0.3 is 16.8 Å². The first-order valence-electron chi connectivity index (χ1n) is 4.88. The van der Waals surface area contributed by atoms with Crippen LogP contribution in [0.25, 0.3) is 0 Å². The molecule has 0 saturated carbocycles. The lowest BCUT2D eigenvalue weighted by Gasteiger charge is -2.13. The molecule has 2 amide bonds. The Morgan fingerprint density at radius 3 is 2.50 bits per heavy atom. The maximum atomic E-state index is 11.8. The molecule has 5 nitrogen and oxygen atoms in total. The molecule has 0 fully saturated rings. The van der Waals surface area contributed by atoms with E-state index in [0.717, 1.165) is 5.56 Å². The number of benzene rings is 1. The maximum Gasteiger partial charge on any atom is 0.254 e. The van der Waals surface area contributed by atoms with Crippen LogP contribution < -0.4 is 16.8 Å². The van der Waals surface area contributed by atoms with E-state index >= 15 is 0 Å². The zero-order valence-electron chi connectivity index (χ0n) is 9.28. The zero-order valence-corrected chi connectivity index (χ0v) is 9.28. The largest absolute Gasteiger partial charge is 0.398 e. The van der Waals surface area contributed by atoms with Gasteiger partial charge in [0, 0.05) is 5.69 Å². The summed E-state index contributed by atoms with van der Waals surface area (Å²) in [6.45, 7) is 3.30. The van der Waals surface area contributed by atoms with Crippen LogP contribution in [-0.4, -0.2) is 17.9 Å². The smallest absolute Gasteiger partial charge is 0.254 e. The van der Waals surface area contributed by atoms with E-state index in [9.17, 15) is 9.59 Å². The van der Waals surface area contributed by atoms with Crippen molar-refractivity contribution in [2.75, 3.05) is 5.73 Å². The maximum absolute atomic E-state index is 11.8. The number of nitrogens with two attached hydrogens (primary N) is 2. The molecule has 1 atom stereocenters. The lowest BCUT2D eigenvalue weighted by Crippen LogP contribution is -2.42. The molecule has 0 spiro atoms. The van der Waals surface area contributed by atoms with Gasteiger partial charge in [-0.2, -0.15) is 0 Å². The van der Waals surface area contributed by atoms with Crippen molar-refractivity contribution in [3.05, 3.63) is 29.3 Å². The number of hydrogen-bond acceptors (Lipinski definition) is 3. The molecule has 0 aliphatic carbocycles. The number of carbonyl (C=O) groups excluding carboxylic acids is 2. The molecular formula is C11H15N3O2. The number of primary amides is 1. The van der Waals surface area contributed by atoms with E-state index in [1.54, 1.807) is 25.1 Å². The van der Waals surface area contributed by atoms with E-state index in [-0.39, 0.29) is 5.91 Å². The molecule has 1 aromatic carbocycles. The lowest BCUT2D eigenvalue weighted by molar-refractivity contribution is -0.119. The minimum atomic E-state index is -0.716. The van der Waals surface area contributed by atoms with Gasteiger partial charge in [-0.3, -0.25) is 9.59 Å². The first-order valence-corrected chi connectivity index (χ1v) is 4.88. The van der Waals surface area contributed by atoms with Crippen LogP contribution in [0.5, 0.6) is 0 Å². The van der Waals surface area contributed by atoms with E-state index in [4.69, 9.17) is 11.5 Å². The number of carbonyl (C=O) groups is 2. The fraction of sp³-hybridized carbons (Fsp3) is 0.273. The quantitative estimate of drug-likeness (QED) is 0.635. The van der Waals surface area contributed by atoms with E-state index < -0.39 is 11.9 Å². The molecule has 0 radical (unpaired) electrons. The summed E-state index contributed by atoms with van der Waals surface area (Å²) in [7, 11) is 0. The van der Waals surface area contributed by atoms with Gasteiger partial charge in [0.25, 0.3) is 5.91 Å². The van der Waals surface area contributed by atoms with E-state index in [1.165, 1.54) is 6.92 Å². The van der Waals surface area contributed by atoms with Gasteiger partial charge in [0.1, 0.15) is 6.04 Å². The van der Waals surface area contributed by atoms with Crippen molar-refractivity contribution < 1.29 is 9.59 Å². The minimum absolute atomic E-state index is 0.383. The summed E-state index contributed by atoms with van der Waals surface area (Å²) in [6.07, 6.45) is 0. The van der Waals surface area contributed by atoms with Crippen LogP contribution >= 0.6 is 0 Å². The van der Waals surface area contributed by atoms with Gasteiger partial charge >= 0.3 is 0 Å². The highest BCUT2D eigenvalue weighted by Crippen LogP contribution is 2.15. The van der Waals surface area contributed by atoms with Crippen molar-refractivity contribution in [2.24, 2.45) is 5.73 Å². The Bertz CT molecular complexity index is 409. The third kappa shape index (κ3) is 2.50. The van der Waals surface area contributed by atoms with E-state index in [0.29, 0.717) is 11.3 Å². The summed E-state index contributed by atoms with van der Waals surface area (Å²) in [4.78, 5) is 22.6. The van der Waals surface area contributed by atoms with Crippen LogP contribution in [0.1, 0.15) is 22.8 Å². The van der Waals surface area contributed by atoms with Crippen LogP contribution in [0.4, 0.5) is 5.69 Å². The summed E-state index contributed by atoms with van der Waals surface area (Å²) in [6, 6.07) is 4.46. The second-order valence-corrected chi connectivity index (χ2v) is 3.64. The summed E-state index contributed by atoms with van der Waals surface area (Å²) in [5.74, 6) is -0.970. The van der Waals surface area contributed by atoms with Gasteiger partial charge in [0.15, 0.2) is 0 Å². The second kappa shape index (κ2) is 4.65. The second-order valence-electron chi connectivity index (χ2n) is 3.64. The average molecular weight is 221 g/mol. The van der Waals surface area contributed by atoms with Crippen molar-refractivity contribution >= 4 is 17.5 Å². The Labute approximate surface area is 93.8 Å². The molecule has 16 heavy (non-hydrogen) atoms. The Balaban J connectivity index is 2.93. The molecule has 5 N–H and O–H groups in total. The number of rotatable bonds is 3. The molecule has 0 saturated heterocycles. The van der Waals surface area contributed by atoms with Gasteiger partial charge in [-0.25, -0.2) is 0 Å². The minimum Gasteiger partial charge on any atom is -0.398 e. The SMILES string of the molecule is Cc1cccc(N)c1C(=O)NC(C)C(N)=O. The van der Waals surface area contributed by atoms with Gasteiger partial charge in [0.2, 0.25) is 5.91 Å². The van der Waals surface area contributed by atoms with Gasteiger partial charge in [-0.05, 0) is 25.5 Å². The fourth-order valence-corrected chi connectivity index (χ4v) is 1.34. The highest BCUT2D eigenvalue weighted by atomic mass is 16.2. The predicted octanol–water partition coefficient (Wildman–Crippen LogP) is 0.181. The molecule has 0 bridgehead atoms. The molecule has 0 aromatic heterocycles. The number of amides is 2. The van der Waals surface area contributed by atoms with Gasteiger partial charge in [-0.1, -0.05) is 12.1 Å². The monoisotopic (exact) mass is 221 g/mol. The standard InChI is InChI=1S/C11H15N3O2/c1-6-4-3-5-8(12)9(6)11(16)14-7(2)10(13)15/h3-5,7H,12H2,1-2H3,(H2,13,15)(H,14,16). The van der Waals surface area contributed by atoms with Crippen molar-refractivity contribution in [3.8, 4) is 0 Å². The molecule has 0 heterocycles. The Kier molecular flexibility index (Phi) is 3.50. The highest BCUT2D eigenvalue weighted by molar-refractivity contribution is 6.02. The zero-order chi connectivity index (χ0) is 12.3. The molecular weight excluding hydrogens is 206 g/mol. The van der Waals surface area contributed by atoms with Crippen molar-refractivity contribution in [3.63, 3.8) is 0 Å². The van der Waals surface area contributed by atoms with E-state index in [2.05, 4.69) is 5.32 Å². The molecule has 1 rings (SSSR count). The number of nitrogens with one attached hydrogen (secondary N) is 1. The van der Waals surface area contributed by atoms with Crippen molar-refractivity contribution in [2.45, 2.75) is 19.9 Å². The third-order valence-electron chi connectivity index (χ3n) is 2.31. The van der Waals surface area contributed by atoms with E-state index in [1.807, 2.05) is 0 Å². The predicted molar refractivity (Wildman–Crippen MR) is 61.7 cm³/mol. The van der Waals surface area contributed by atoms with Crippen LogP contribution in [0.3, 0.4) is 0 Å². The molecule has 1 unspecified atom stereocenters. The number of hydrogen-bond donors (Lipinski definition) is 3. The van der Waals surface area contributed by atoms with Crippen LogP contribution in [0.2, 0.25) is 0 Å². The number of anilines is 1. The molecule has 1 aromatic rings. The van der Waals surface area contributed by atoms with Crippen LogP contribution in [0, 0.1) is 6.92 Å². The van der Waals surface area contributed by atoms with Crippen molar-refractivity contribution in [1.29, 1.82) is 0 Å². The first kappa shape index (κ1) is 12.0. The number of nitrogen functional groups attached to an aromatic ring is 1. The van der Waals surface area contributed by atoms with Crippen LogP contribution in [0.15, 0.2) is 18.2 Å². The fourth-order valence-electron chi connectivity index (χ4n) is 1.34. The Hall–Kier alpha value is -2.04. The Morgan fingerprint density at radius 2 is 2.00 bits per heavy atom. The summed E-state index contributed by atoms with van der Waals surface area (Å²) < 4.78 is 0. The lowest BCUT2D eigenvalue weighted by atomic mass is 10.1. The van der Waals surface area contributed by atoms with Gasteiger partial charge in [-0.15, -0.1) is 0 Å². The normalized spacial score (nSPS) is 11.9. The molecule has 0 aliphatic heterocycles. The first-order chi connectivity index (χ1) is 7.43. The molecule has 5 heteroatoms. The summed E-state index contributed by atoms with van der Waals surface area (Å²) >= 11 is 0. The molecule has 86 valence electrons. The third-order valence-corrected chi connectivity index (χ3v) is 2.31. The van der Waals surface area contributed by atoms with Crippen molar-refractivity contribution in [1.82, 2.24) is 5.32 Å². The van der Waals surface area contributed by atoms with Gasteiger partial charge in [0.05, 0.1) is 5.56 Å². The summed E-state index contributed by atoms with van der Waals surface area (Å²) in [5, 5.41) is 2.48. The molecule has 0 aliphatic rings. The summed E-state index contributed by atoms with van der Waals surface area (Å²) in [5.41, 5.74) is 12.3.